The van der Waals surface area contributed by atoms with E-state index < -0.39 is 5.97 Å². The summed E-state index contributed by atoms with van der Waals surface area (Å²) in [5.41, 5.74) is 3.19. The Bertz CT molecular complexity index is 954. The molecule has 1 aromatic heterocycles. The molecular weight excluding hydrogens is 376 g/mol. The molecule has 0 radical (unpaired) electrons. The second-order valence-electron chi connectivity index (χ2n) is 7.65. The van der Waals surface area contributed by atoms with Crippen LogP contribution >= 0.6 is 0 Å². The van der Waals surface area contributed by atoms with E-state index in [0.29, 0.717) is 19.4 Å². The van der Waals surface area contributed by atoms with Crippen LogP contribution in [0.5, 0.6) is 5.75 Å². The van der Waals surface area contributed by atoms with Crippen molar-refractivity contribution in [3.63, 3.8) is 0 Å². The van der Waals surface area contributed by atoms with E-state index in [4.69, 9.17) is 4.74 Å². The van der Waals surface area contributed by atoms with Crippen molar-refractivity contribution in [2.45, 2.75) is 25.5 Å². The molecule has 2 heterocycles. The number of benzene rings is 2. The molecule has 2 aromatic carbocycles. The number of carbonyl (C=O) groups is 1. The zero-order valence-corrected chi connectivity index (χ0v) is 16.9. The van der Waals surface area contributed by atoms with Crippen LogP contribution < -0.4 is 4.74 Å². The zero-order valence-electron chi connectivity index (χ0n) is 16.9. The Kier molecular flexibility index (Phi) is 6.40. The summed E-state index contributed by atoms with van der Waals surface area (Å²) < 4.78 is 6.04. The van der Waals surface area contributed by atoms with Crippen molar-refractivity contribution in [2.75, 3.05) is 13.1 Å². The van der Waals surface area contributed by atoms with Gasteiger partial charge in [-0.25, -0.2) is 0 Å². The number of pyridine rings is 1. The Morgan fingerprint density at radius 2 is 1.80 bits per heavy atom. The van der Waals surface area contributed by atoms with Crippen LogP contribution in [0.2, 0.25) is 0 Å². The normalized spacial score (nSPS) is 16.1. The molecule has 0 aliphatic carbocycles. The quantitative estimate of drug-likeness (QED) is 0.628. The van der Waals surface area contributed by atoms with E-state index in [0.717, 1.165) is 35.7 Å². The predicted octanol–water partition coefficient (Wildman–Crippen LogP) is 4.55. The van der Waals surface area contributed by atoms with E-state index in [-0.39, 0.29) is 12.0 Å². The van der Waals surface area contributed by atoms with Gasteiger partial charge in [0, 0.05) is 6.20 Å². The molecule has 0 amide bonds. The number of nitrogens with zero attached hydrogens (tertiary/aromatic N) is 2. The van der Waals surface area contributed by atoms with Crippen LogP contribution in [0, 0.1) is 5.92 Å². The molecule has 1 fully saturated rings. The molecule has 3 aromatic rings. The average molecular weight is 402 g/mol. The predicted molar refractivity (Wildman–Crippen MR) is 115 cm³/mol. The minimum Gasteiger partial charge on any atom is -0.489 e. The number of aromatic nitrogens is 1. The van der Waals surface area contributed by atoms with Crippen LogP contribution in [-0.2, 0) is 11.4 Å². The lowest BCUT2D eigenvalue weighted by molar-refractivity contribution is -0.143. The number of aliphatic carboxylic acids is 1. The van der Waals surface area contributed by atoms with Crippen LogP contribution in [0.25, 0.3) is 0 Å². The van der Waals surface area contributed by atoms with Gasteiger partial charge in [0.2, 0.25) is 0 Å². The van der Waals surface area contributed by atoms with E-state index in [1.54, 1.807) is 0 Å². The minimum absolute atomic E-state index is 0.0266. The van der Waals surface area contributed by atoms with Gasteiger partial charge in [0.25, 0.3) is 0 Å². The molecule has 1 aliphatic heterocycles. The fourth-order valence-corrected chi connectivity index (χ4v) is 4.03. The van der Waals surface area contributed by atoms with Crippen LogP contribution in [0.1, 0.15) is 35.7 Å². The van der Waals surface area contributed by atoms with E-state index in [2.05, 4.69) is 22.0 Å². The summed E-state index contributed by atoms with van der Waals surface area (Å²) in [7, 11) is 0. The van der Waals surface area contributed by atoms with E-state index in [1.165, 1.54) is 0 Å². The van der Waals surface area contributed by atoms with Crippen molar-refractivity contribution < 1.29 is 14.6 Å². The van der Waals surface area contributed by atoms with Crippen LogP contribution in [0.4, 0.5) is 0 Å². The Balaban J connectivity index is 1.56. The third-order valence-corrected chi connectivity index (χ3v) is 5.63. The number of rotatable bonds is 7. The van der Waals surface area contributed by atoms with Gasteiger partial charge in [-0.1, -0.05) is 48.5 Å². The number of likely N-dealkylation sites (tertiary alicyclic amines) is 1. The summed E-state index contributed by atoms with van der Waals surface area (Å²) in [4.78, 5) is 18.3. The summed E-state index contributed by atoms with van der Waals surface area (Å²) >= 11 is 0. The zero-order chi connectivity index (χ0) is 20.8. The maximum absolute atomic E-state index is 11.4. The van der Waals surface area contributed by atoms with Crippen molar-refractivity contribution in [2.24, 2.45) is 5.92 Å². The largest absolute Gasteiger partial charge is 0.489 e. The Hall–Kier alpha value is -3.18. The molecule has 0 spiro atoms. The topological polar surface area (TPSA) is 62.7 Å². The summed E-state index contributed by atoms with van der Waals surface area (Å²) in [6, 6.07) is 24.2. The van der Waals surface area contributed by atoms with Crippen molar-refractivity contribution in [1.82, 2.24) is 9.88 Å². The number of carboxylic acids is 1. The molecule has 0 bridgehead atoms. The van der Waals surface area contributed by atoms with Gasteiger partial charge in [-0.05, 0) is 61.3 Å². The highest BCUT2D eigenvalue weighted by Crippen LogP contribution is 2.33. The number of carboxylic acid groups (broad SMARTS) is 1. The van der Waals surface area contributed by atoms with Crippen LogP contribution in [0.3, 0.4) is 0 Å². The fourth-order valence-electron chi connectivity index (χ4n) is 4.03. The standard InChI is InChI=1S/C25H26N2O3/c28-25(29)20-12-15-27(16-13-20)24(23-11-4-5-14-26-23)21-9-6-10-22(17-21)30-18-19-7-2-1-3-8-19/h1-11,14,17,20,24H,12-13,15-16,18H2,(H,28,29). The van der Waals surface area contributed by atoms with Crippen LogP contribution in [-0.4, -0.2) is 34.0 Å². The first-order valence-electron chi connectivity index (χ1n) is 10.3. The lowest BCUT2D eigenvalue weighted by atomic mass is 9.93. The maximum atomic E-state index is 11.4. The van der Waals surface area contributed by atoms with Crippen molar-refractivity contribution >= 4 is 5.97 Å². The second-order valence-corrected chi connectivity index (χ2v) is 7.65. The van der Waals surface area contributed by atoms with Crippen molar-refractivity contribution in [3.8, 4) is 5.75 Å². The number of hydrogen-bond acceptors (Lipinski definition) is 4. The first kappa shape index (κ1) is 20.1. The van der Waals surface area contributed by atoms with E-state index in [1.807, 2.05) is 66.9 Å². The minimum atomic E-state index is -0.694. The molecule has 1 saturated heterocycles. The molecule has 1 atom stereocenters. The lowest BCUT2D eigenvalue weighted by Crippen LogP contribution is -2.39. The Morgan fingerprint density at radius 3 is 2.50 bits per heavy atom. The first-order valence-corrected chi connectivity index (χ1v) is 10.3. The monoisotopic (exact) mass is 402 g/mol. The van der Waals surface area contributed by atoms with E-state index in [9.17, 15) is 9.90 Å². The van der Waals surface area contributed by atoms with Gasteiger partial charge in [0.15, 0.2) is 0 Å². The Morgan fingerprint density at radius 1 is 1.03 bits per heavy atom. The van der Waals surface area contributed by atoms with Gasteiger partial charge >= 0.3 is 5.97 Å². The highest BCUT2D eigenvalue weighted by Gasteiger charge is 2.30. The van der Waals surface area contributed by atoms with Crippen molar-refractivity contribution in [1.29, 1.82) is 0 Å². The molecule has 1 N–H and O–H groups in total. The lowest BCUT2D eigenvalue weighted by Gasteiger charge is -2.36. The number of ether oxygens (including phenoxy) is 1. The molecule has 4 rings (SSSR count). The van der Waals surface area contributed by atoms with Gasteiger partial charge in [-0.3, -0.25) is 14.7 Å². The molecule has 1 aliphatic rings. The highest BCUT2D eigenvalue weighted by atomic mass is 16.5. The van der Waals surface area contributed by atoms with E-state index >= 15 is 0 Å². The average Bonchev–Trinajstić information content (AvgIpc) is 2.80. The molecule has 5 nitrogen and oxygen atoms in total. The van der Waals surface area contributed by atoms with Crippen LogP contribution in [0.15, 0.2) is 79.0 Å². The molecule has 0 saturated carbocycles. The number of hydrogen-bond donors (Lipinski definition) is 1. The maximum Gasteiger partial charge on any atom is 0.306 e. The smallest absolute Gasteiger partial charge is 0.306 e. The second kappa shape index (κ2) is 9.55. The molecule has 30 heavy (non-hydrogen) atoms. The number of piperidine rings is 1. The summed E-state index contributed by atoms with van der Waals surface area (Å²) in [6.45, 7) is 1.98. The van der Waals surface area contributed by atoms with Gasteiger partial charge < -0.3 is 9.84 Å². The molecule has 1 unspecified atom stereocenters. The fraction of sp³-hybridized carbons (Fsp3) is 0.280. The van der Waals surface area contributed by atoms with Gasteiger partial charge in [0.1, 0.15) is 12.4 Å². The molecule has 5 heteroatoms. The summed E-state index contributed by atoms with van der Waals surface area (Å²) in [6.07, 6.45) is 3.12. The third-order valence-electron chi connectivity index (χ3n) is 5.63. The highest BCUT2D eigenvalue weighted by molar-refractivity contribution is 5.70. The molecule has 154 valence electrons. The SMILES string of the molecule is O=C(O)C1CCN(C(c2cccc(OCc3ccccc3)c2)c2ccccn2)CC1. The van der Waals surface area contributed by atoms with Gasteiger partial charge in [-0.15, -0.1) is 0 Å². The van der Waals surface area contributed by atoms with Gasteiger partial charge in [-0.2, -0.15) is 0 Å². The summed E-state index contributed by atoms with van der Waals surface area (Å²) in [5.74, 6) is -0.135. The Labute approximate surface area is 177 Å². The van der Waals surface area contributed by atoms with Crippen molar-refractivity contribution in [3.05, 3.63) is 95.8 Å². The molecular formula is C25H26N2O3. The van der Waals surface area contributed by atoms with Gasteiger partial charge in [0.05, 0.1) is 17.7 Å². The summed E-state index contributed by atoms with van der Waals surface area (Å²) in [5, 5.41) is 9.34. The first-order chi connectivity index (χ1) is 14.7. The third kappa shape index (κ3) is 4.86.